The number of alkyl halides is 3. The second kappa shape index (κ2) is 8.39. The number of hydrogen-bond acceptors (Lipinski definition) is 4. The second-order valence-corrected chi connectivity index (χ2v) is 7.98. The molecule has 0 saturated heterocycles. The highest BCUT2D eigenvalue weighted by atomic mass is 32.1. The van der Waals surface area contributed by atoms with Gasteiger partial charge in [-0.2, -0.15) is 13.2 Å². The zero-order valence-electron chi connectivity index (χ0n) is 16.4. The number of carbonyl (C=O) groups is 1. The van der Waals surface area contributed by atoms with E-state index in [1.807, 2.05) is 31.2 Å². The minimum Gasteiger partial charge on any atom is -0.484 e. The molecule has 0 bridgehead atoms. The van der Waals surface area contributed by atoms with Gasteiger partial charge in [0.1, 0.15) is 10.8 Å². The number of benzene rings is 3. The van der Waals surface area contributed by atoms with E-state index < -0.39 is 12.8 Å². The molecule has 8 heteroatoms. The lowest BCUT2D eigenvalue weighted by Gasteiger charge is -2.10. The number of anilines is 1. The van der Waals surface area contributed by atoms with Crippen LogP contribution < -0.4 is 10.1 Å². The zero-order valence-corrected chi connectivity index (χ0v) is 17.2. The van der Waals surface area contributed by atoms with Crippen LogP contribution in [0.4, 0.5) is 18.9 Å². The van der Waals surface area contributed by atoms with Crippen LogP contribution in [0.15, 0.2) is 66.7 Å². The van der Waals surface area contributed by atoms with Crippen LogP contribution in [-0.4, -0.2) is 23.7 Å². The summed E-state index contributed by atoms with van der Waals surface area (Å²) in [5.41, 5.74) is 3.99. The number of nitrogens with one attached hydrogen (secondary N) is 1. The third-order valence-electron chi connectivity index (χ3n) is 4.45. The molecule has 0 radical (unpaired) electrons. The van der Waals surface area contributed by atoms with Gasteiger partial charge in [-0.05, 0) is 73.2 Å². The lowest BCUT2D eigenvalue weighted by molar-refractivity contribution is -0.153. The third kappa shape index (κ3) is 5.21. The lowest BCUT2D eigenvalue weighted by atomic mass is 10.2. The first kappa shape index (κ1) is 20.9. The van der Waals surface area contributed by atoms with E-state index in [9.17, 15) is 18.0 Å². The normalized spacial score (nSPS) is 11.5. The molecule has 1 amide bonds. The van der Waals surface area contributed by atoms with Crippen LogP contribution in [0.1, 0.15) is 15.9 Å². The molecule has 4 rings (SSSR count). The number of halogens is 3. The predicted molar refractivity (Wildman–Crippen MR) is 116 cm³/mol. The van der Waals surface area contributed by atoms with E-state index in [0.29, 0.717) is 11.3 Å². The van der Waals surface area contributed by atoms with E-state index >= 15 is 0 Å². The van der Waals surface area contributed by atoms with Gasteiger partial charge < -0.3 is 10.1 Å². The van der Waals surface area contributed by atoms with E-state index in [4.69, 9.17) is 0 Å². The maximum absolute atomic E-state index is 12.4. The number of aromatic nitrogens is 1. The Labute approximate surface area is 180 Å². The fourth-order valence-electron chi connectivity index (χ4n) is 2.92. The number of fused-ring (bicyclic) bond motifs is 1. The van der Waals surface area contributed by atoms with Crippen molar-refractivity contribution < 1.29 is 22.7 Å². The summed E-state index contributed by atoms with van der Waals surface area (Å²) in [6.45, 7) is 0.665. The van der Waals surface area contributed by atoms with Crippen molar-refractivity contribution in [2.75, 3.05) is 11.9 Å². The summed E-state index contributed by atoms with van der Waals surface area (Å²) in [4.78, 5) is 17.1. The minimum absolute atomic E-state index is 0.0456. The van der Waals surface area contributed by atoms with Crippen molar-refractivity contribution >= 4 is 33.1 Å². The smallest absolute Gasteiger partial charge is 0.422 e. The van der Waals surface area contributed by atoms with Gasteiger partial charge in [-0.15, -0.1) is 11.3 Å². The number of hydrogen-bond donors (Lipinski definition) is 1. The lowest BCUT2D eigenvalue weighted by Crippen LogP contribution is -2.19. The van der Waals surface area contributed by atoms with Crippen LogP contribution >= 0.6 is 11.3 Å². The molecule has 1 N–H and O–H groups in total. The molecule has 0 aliphatic carbocycles. The largest absolute Gasteiger partial charge is 0.484 e. The monoisotopic (exact) mass is 442 g/mol. The van der Waals surface area contributed by atoms with Crippen LogP contribution in [0.25, 0.3) is 20.8 Å². The molecule has 4 aromatic rings. The van der Waals surface area contributed by atoms with Crippen LogP contribution in [0.5, 0.6) is 5.75 Å². The third-order valence-corrected chi connectivity index (χ3v) is 5.52. The fraction of sp³-hybridized carbons (Fsp3) is 0.130. The average molecular weight is 442 g/mol. The van der Waals surface area contributed by atoms with Crippen molar-refractivity contribution in [2.45, 2.75) is 13.1 Å². The average Bonchev–Trinajstić information content (AvgIpc) is 3.16. The Kier molecular flexibility index (Phi) is 5.65. The Balaban J connectivity index is 1.41. The Hall–Kier alpha value is -3.39. The van der Waals surface area contributed by atoms with Gasteiger partial charge in [-0.1, -0.05) is 6.07 Å². The van der Waals surface area contributed by atoms with Gasteiger partial charge in [0, 0.05) is 16.8 Å². The van der Waals surface area contributed by atoms with Gasteiger partial charge in [0.15, 0.2) is 6.61 Å². The summed E-state index contributed by atoms with van der Waals surface area (Å²) in [5.74, 6) is -0.324. The standard InChI is InChI=1S/C23H17F3N2O2S/c1-14-2-11-19-20(12-14)31-22(28-19)16-3-7-17(8-4-16)27-21(29)15-5-9-18(10-6-15)30-13-23(24,25)26/h2-12H,13H2,1H3,(H,27,29). The maximum atomic E-state index is 12.4. The predicted octanol–water partition coefficient (Wildman–Crippen LogP) is 6.47. The molecule has 0 spiro atoms. The first-order chi connectivity index (χ1) is 14.8. The number of carbonyl (C=O) groups excluding carboxylic acids is 1. The number of amides is 1. The molecule has 0 atom stereocenters. The number of rotatable bonds is 5. The molecule has 0 saturated carbocycles. The van der Waals surface area contributed by atoms with E-state index in [0.717, 1.165) is 20.8 Å². The number of thiazole rings is 1. The molecule has 1 heterocycles. The molecule has 0 aliphatic rings. The molecular formula is C23H17F3N2O2S. The molecule has 0 unspecified atom stereocenters. The SMILES string of the molecule is Cc1ccc2nc(-c3ccc(NC(=O)c4ccc(OCC(F)(F)F)cc4)cc3)sc2c1. The van der Waals surface area contributed by atoms with E-state index in [2.05, 4.69) is 21.1 Å². The van der Waals surface area contributed by atoms with Gasteiger partial charge in [-0.3, -0.25) is 4.79 Å². The summed E-state index contributed by atoms with van der Waals surface area (Å²) < 4.78 is 42.4. The Morgan fingerprint density at radius 2 is 1.74 bits per heavy atom. The summed E-state index contributed by atoms with van der Waals surface area (Å²) in [5, 5.41) is 3.67. The molecule has 158 valence electrons. The molecule has 0 fully saturated rings. The number of aryl methyl sites for hydroxylation is 1. The van der Waals surface area contributed by atoms with Crippen LogP contribution in [0, 0.1) is 6.92 Å². The maximum Gasteiger partial charge on any atom is 0.422 e. The van der Waals surface area contributed by atoms with E-state index in [-0.39, 0.29) is 11.7 Å². The van der Waals surface area contributed by atoms with Crippen molar-refractivity contribution in [2.24, 2.45) is 0 Å². The highest BCUT2D eigenvalue weighted by molar-refractivity contribution is 7.21. The van der Waals surface area contributed by atoms with Crippen molar-refractivity contribution in [1.29, 1.82) is 0 Å². The van der Waals surface area contributed by atoms with Gasteiger partial charge in [-0.25, -0.2) is 4.98 Å². The van der Waals surface area contributed by atoms with E-state index in [1.54, 1.807) is 23.5 Å². The summed E-state index contributed by atoms with van der Waals surface area (Å²) in [7, 11) is 0. The van der Waals surface area contributed by atoms with Crippen LogP contribution in [0.3, 0.4) is 0 Å². The van der Waals surface area contributed by atoms with Gasteiger partial charge >= 0.3 is 6.18 Å². The highest BCUT2D eigenvalue weighted by Crippen LogP contribution is 2.31. The molecule has 1 aromatic heterocycles. The van der Waals surface area contributed by atoms with Crippen molar-refractivity contribution in [1.82, 2.24) is 4.98 Å². The molecule has 4 nitrogen and oxygen atoms in total. The highest BCUT2D eigenvalue weighted by Gasteiger charge is 2.28. The molecule has 0 aliphatic heterocycles. The zero-order chi connectivity index (χ0) is 22.0. The van der Waals surface area contributed by atoms with Crippen molar-refractivity contribution in [3.8, 4) is 16.3 Å². The molecular weight excluding hydrogens is 425 g/mol. The second-order valence-electron chi connectivity index (χ2n) is 6.95. The first-order valence-corrected chi connectivity index (χ1v) is 10.2. The van der Waals surface area contributed by atoms with Crippen LogP contribution in [0.2, 0.25) is 0 Å². The van der Waals surface area contributed by atoms with Gasteiger partial charge in [0.2, 0.25) is 0 Å². The number of ether oxygens (including phenoxy) is 1. The van der Waals surface area contributed by atoms with Crippen molar-refractivity contribution in [3.63, 3.8) is 0 Å². The minimum atomic E-state index is -4.41. The fourth-order valence-corrected chi connectivity index (χ4v) is 3.99. The Bertz CT molecular complexity index is 1220. The van der Waals surface area contributed by atoms with Crippen LogP contribution in [-0.2, 0) is 0 Å². The Morgan fingerprint density at radius 3 is 2.42 bits per heavy atom. The van der Waals surface area contributed by atoms with E-state index in [1.165, 1.54) is 29.8 Å². The molecule has 3 aromatic carbocycles. The van der Waals surface area contributed by atoms with Gasteiger partial charge in [0.05, 0.1) is 10.2 Å². The quantitative estimate of drug-likeness (QED) is 0.386. The van der Waals surface area contributed by atoms with Gasteiger partial charge in [0.25, 0.3) is 5.91 Å². The van der Waals surface area contributed by atoms with Crippen molar-refractivity contribution in [3.05, 3.63) is 77.9 Å². The first-order valence-electron chi connectivity index (χ1n) is 9.35. The Morgan fingerprint density at radius 1 is 1.03 bits per heavy atom. The summed E-state index contributed by atoms with van der Waals surface area (Å²) in [6, 6.07) is 19.0. The number of nitrogens with zero attached hydrogens (tertiary/aromatic N) is 1. The molecule has 31 heavy (non-hydrogen) atoms. The summed E-state index contributed by atoms with van der Waals surface area (Å²) >= 11 is 1.61. The summed E-state index contributed by atoms with van der Waals surface area (Å²) in [6.07, 6.45) is -4.41. The topological polar surface area (TPSA) is 51.2 Å².